The van der Waals surface area contributed by atoms with Gasteiger partial charge in [-0.1, -0.05) is 17.7 Å². The minimum Gasteiger partial charge on any atom is -0.262 e. The first kappa shape index (κ1) is 7.31. The zero-order valence-corrected chi connectivity index (χ0v) is 6.71. The standard InChI is InChI=1S/C8H4ClNO2/c9-5-2-1-3-6(4-5)10-7(11)8(10)12/h1-4H. The van der Waals surface area contributed by atoms with Crippen LogP contribution in [0, 0.1) is 0 Å². The third-order valence-electron chi connectivity index (χ3n) is 1.61. The van der Waals surface area contributed by atoms with Crippen molar-refractivity contribution in [1.82, 2.24) is 4.57 Å². The van der Waals surface area contributed by atoms with Gasteiger partial charge in [0.2, 0.25) is 0 Å². The Morgan fingerprint density at radius 2 is 1.83 bits per heavy atom. The van der Waals surface area contributed by atoms with Crippen LogP contribution >= 0.6 is 11.6 Å². The fraction of sp³-hybridized carbons (Fsp3) is 0. The minimum absolute atomic E-state index is 0.475. The fourth-order valence-electron chi connectivity index (χ4n) is 0.985. The second-order valence-electron chi connectivity index (χ2n) is 2.43. The number of benzene rings is 1. The molecular formula is C8H4ClNO2. The molecule has 1 heterocycles. The summed E-state index contributed by atoms with van der Waals surface area (Å²) in [6.07, 6.45) is 0. The summed E-state index contributed by atoms with van der Waals surface area (Å²) in [4.78, 5) is 21.3. The predicted molar refractivity (Wildman–Crippen MR) is 45.7 cm³/mol. The summed E-state index contributed by atoms with van der Waals surface area (Å²) in [5, 5.41) is 0.514. The van der Waals surface area contributed by atoms with E-state index in [1.165, 1.54) is 0 Å². The van der Waals surface area contributed by atoms with Gasteiger partial charge in [-0.15, -0.1) is 0 Å². The summed E-state index contributed by atoms with van der Waals surface area (Å²) in [7, 11) is 0. The Bertz CT molecular complexity index is 468. The van der Waals surface area contributed by atoms with Gasteiger partial charge in [0.25, 0.3) is 0 Å². The number of hydrogen-bond acceptors (Lipinski definition) is 2. The maximum atomic E-state index is 10.7. The second-order valence-corrected chi connectivity index (χ2v) is 2.86. The molecule has 0 atom stereocenters. The summed E-state index contributed by atoms with van der Waals surface area (Å²) < 4.78 is 1.08. The SMILES string of the molecule is O=c1c(=O)n1-c1cccc(Cl)c1. The molecule has 0 amide bonds. The van der Waals surface area contributed by atoms with Crippen LogP contribution in [0.15, 0.2) is 33.9 Å². The van der Waals surface area contributed by atoms with Crippen molar-refractivity contribution in [2.75, 3.05) is 0 Å². The molecule has 1 aromatic heterocycles. The van der Waals surface area contributed by atoms with Gasteiger partial charge < -0.3 is 0 Å². The number of aromatic nitrogens is 1. The first-order valence-electron chi connectivity index (χ1n) is 3.34. The highest BCUT2D eigenvalue weighted by molar-refractivity contribution is 6.30. The topological polar surface area (TPSA) is 39.1 Å². The second kappa shape index (κ2) is 2.32. The van der Waals surface area contributed by atoms with Crippen molar-refractivity contribution in [3.05, 3.63) is 50.0 Å². The molecule has 0 radical (unpaired) electrons. The van der Waals surface area contributed by atoms with Crippen molar-refractivity contribution in [2.45, 2.75) is 0 Å². The molecule has 0 saturated heterocycles. The van der Waals surface area contributed by atoms with Crippen molar-refractivity contribution in [3.8, 4) is 5.69 Å². The predicted octanol–water partition coefficient (Wildman–Crippen LogP) is 0.727. The molecule has 1 aromatic carbocycles. The van der Waals surface area contributed by atoms with Gasteiger partial charge in [-0.2, -0.15) is 0 Å². The summed E-state index contributed by atoms with van der Waals surface area (Å²) in [6.45, 7) is 0. The van der Waals surface area contributed by atoms with Crippen molar-refractivity contribution >= 4 is 11.6 Å². The molecule has 60 valence electrons. The highest BCUT2D eigenvalue weighted by Gasteiger charge is 2.17. The Hall–Kier alpha value is -1.35. The van der Waals surface area contributed by atoms with E-state index in [1.807, 2.05) is 0 Å². The maximum absolute atomic E-state index is 10.7. The van der Waals surface area contributed by atoms with Gasteiger partial charge in [-0.25, -0.2) is 4.57 Å². The average molecular weight is 182 g/mol. The number of nitrogens with zero attached hydrogens (tertiary/aromatic N) is 1. The summed E-state index contributed by atoms with van der Waals surface area (Å²) >= 11 is 5.66. The highest BCUT2D eigenvalue weighted by atomic mass is 35.5. The molecule has 0 N–H and O–H groups in total. The highest BCUT2D eigenvalue weighted by Crippen LogP contribution is 2.12. The maximum Gasteiger partial charge on any atom is 0.324 e. The van der Waals surface area contributed by atoms with Crippen LogP contribution in [0.1, 0.15) is 0 Å². The molecule has 0 aliphatic heterocycles. The lowest BCUT2D eigenvalue weighted by atomic mass is 10.3. The Balaban J connectivity index is 2.57. The summed E-state index contributed by atoms with van der Waals surface area (Å²) in [5.74, 6) is 0. The molecule has 4 heteroatoms. The third-order valence-corrected chi connectivity index (χ3v) is 1.84. The normalized spacial score (nSPS) is 10.8. The van der Waals surface area contributed by atoms with Crippen molar-refractivity contribution in [2.24, 2.45) is 0 Å². The van der Waals surface area contributed by atoms with Gasteiger partial charge in [-0.3, -0.25) is 9.59 Å². The zero-order chi connectivity index (χ0) is 8.72. The van der Waals surface area contributed by atoms with E-state index in [2.05, 4.69) is 0 Å². The van der Waals surface area contributed by atoms with Crippen LogP contribution in [0.5, 0.6) is 0 Å². The quantitative estimate of drug-likeness (QED) is 0.609. The Kier molecular flexibility index (Phi) is 1.41. The van der Waals surface area contributed by atoms with E-state index < -0.39 is 11.1 Å². The molecular weight excluding hydrogens is 178 g/mol. The molecule has 0 unspecified atom stereocenters. The van der Waals surface area contributed by atoms with Crippen LogP contribution in [-0.4, -0.2) is 4.57 Å². The first-order chi connectivity index (χ1) is 5.70. The molecule has 0 aliphatic carbocycles. The summed E-state index contributed by atoms with van der Waals surface area (Å²) in [6, 6.07) is 6.61. The molecule has 0 fully saturated rings. The molecule has 0 saturated carbocycles. The van der Waals surface area contributed by atoms with Gasteiger partial charge >= 0.3 is 11.1 Å². The number of hydrogen-bond donors (Lipinski definition) is 0. The number of halogens is 1. The Morgan fingerprint density at radius 3 is 2.33 bits per heavy atom. The Labute approximate surface area is 72.5 Å². The van der Waals surface area contributed by atoms with E-state index in [1.54, 1.807) is 24.3 Å². The molecule has 12 heavy (non-hydrogen) atoms. The van der Waals surface area contributed by atoms with Gasteiger partial charge in [0, 0.05) is 5.02 Å². The van der Waals surface area contributed by atoms with E-state index in [0.717, 1.165) is 4.57 Å². The van der Waals surface area contributed by atoms with E-state index >= 15 is 0 Å². The van der Waals surface area contributed by atoms with Crippen molar-refractivity contribution in [3.63, 3.8) is 0 Å². The molecule has 2 rings (SSSR count). The first-order valence-corrected chi connectivity index (χ1v) is 3.72. The lowest BCUT2D eigenvalue weighted by Crippen LogP contribution is -1.90. The Morgan fingerprint density at radius 1 is 1.17 bits per heavy atom. The van der Waals surface area contributed by atoms with Crippen molar-refractivity contribution < 1.29 is 0 Å². The van der Waals surface area contributed by atoms with E-state index in [4.69, 9.17) is 11.6 Å². The smallest absolute Gasteiger partial charge is 0.262 e. The van der Waals surface area contributed by atoms with Crippen LogP contribution in [0.4, 0.5) is 0 Å². The molecule has 2 aromatic rings. The largest absolute Gasteiger partial charge is 0.324 e. The monoisotopic (exact) mass is 181 g/mol. The van der Waals surface area contributed by atoms with Crippen LogP contribution in [0.2, 0.25) is 5.02 Å². The van der Waals surface area contributed by atoms with Crippen molar-refractivity contribution in [1.29, 1.82) is 0 Å². The minimum atomic E-state index is -0.475. The zero-order valence-electron chi connectivity index (χ0n) is 5.95. The van der Waals surface area contributed by atoms with E-state index in [-0.39, 0.29) is 0 Å². The van der Waals surface area contributed by atoms with Gasteiger partial charge in [0.15, 0.2) is 0 Å². The van der Waals surface area contributed by atoms with E-state index in [0.29, 0.717) is 10.7 Å². The van der Waals surface area contributed by atoms with E-state index in [9.17, 15) is 9.59 Å². The molecule has 0 bridgehead atoms. The van der Waals surface area contributed by atoms with Crippen LogP contribution < -0.4 is 11.1 Å². The lowest BCUT2D eigenvalue weighted by Gasteiger charge is -1.92. The molecule has 3 nitrogen and oxygen atoms in total. The van der Waals surface area contributed by atoms with Gasteiger partial charge in [-0.05, 0) is 18.2 Å². The summed E-state index contributed by atoms with van der Waals surface area (Å²) in [5.41, 5.74) is -0.410. The van der Waals surface area contributed by atoms with Gasteiger partial charge in [0.05, 0.1) is 5.69 Å². The third kappa shape index (κ3) is 0.987. The van der Waals surface area contributed by atoms with Crippen LogP contribution in [-0.2, 0) is 0 Å². The fourth-order valence-corrected chi connectivity index (χ4v) is 1.17. The lowest BCUT2D eigenvalue weighted by molar-refractivity contribution is 1.17. The van der Waals surface area contributed by atoms with Crippen LogP contribution in [0.3, 0.4) is 0 Å². The van der Waals surface area contributed by atoms with Gasteiger partial charge in [0.1, 0.15) is 0 Å². The number of rotatable bonds is 1. The molecule has 0 aliphatic rings. The average Bonchev–Trinajstić information content (AvgIpc) is 2.60. The molecule has 0 spiro atoms. The van der Waals surface area contributed by atoms with Crippen LogP contribution in [0.25, 0.3) is 5.69 Å².